The van der Waals surface area contributed by atoms with Crippen LogP contribution >= 0.6 is 0 Å². The zero-order valence-electron chi connectivity index (χ0n) is 10.3. The predicted molar refractivity (Wildman–Crippen MR) is 71.1 cm³/mol. The molecule has 1 aliphatic heterocycles. The standard InChI is InChI=1S/C12H19N5O/c13-10-6-9(11-12(14-10)16-17-15-11)18-7-8-4-2-1-3-5-8/h6,8,15,17H,1-5,7H2,(H3,13,14,16). The van der Waals surface area contributed by atoms with E-state index < -0.39 is 0 Å². The van der Waals surface area contributed by atoms with Crippen LogP contribution in [0.1, 0.15) is 32.1 Å². The number of hydrazine groups is 2. The average molecular weight is 249 g/mol. The van der Waals surface area contributed by atoms with Gasteiger partial charge in [0.2, 0.25) is 0 Å². The van der Waals surface area contributed by atoms with Gasteiger partial charge in [0.15, 0.2) is 11.6 Å². The van der Waals surface area contributed by atoms with Crippen molar-refractivity contribution in [1.82, 2.24) is 10.5 Å². The van der Waals surface area contributed by atoms with Crippen LogP contribution < -0.4 is 26.9 Å². The SMILES string of the molecule is Nc1cc(OCC2CCCCC2)c2c(n1)NNN2. The summed E-state index contributed by atoms with van der Waals surface area (Å²) in [4.78, 5) is 4.17. The molecule has 98 valence electrons. The van der Waals surface area contributed by atoms with E-state index in [0.717, 1.165) is 18.0 Å². The third-order valence-corrected chi connectivity index (χ3v) is 3.57. The minimum atomic E-state index is 0.463. The van der Waals surface area contributed by atoms with Crippen molar-refractivity contribution in [3.05, 3.63) is 6.07 Å². The fraction of sp³-hybridized carbons (Fsp3) is 0.583. The van der Waals surface area contributed by atoms with Crippen molar-refractivity contribution in [2.75, 3.05) is 23.2 Å². The lowest BCUT2D eigenvalue weighted by atomic mass is 9.90. The van der Waals surface area contributed by atoms with Gasteiger partial charge < -0.3 is 10.5 Å². The van der Waals surface area contributed by atoms with Crippen LogP contribution in [0.25, 0.3) is 0 Å². The molecule has 3 rings (SSSR count). The maximum Gasteiger partial charge on any atom is 0.172 e. The van der Waals surface area contributed by atoms with Crippen LogP contribution in [0.5, 0.6) is 5.75 Å². The van der Waals surface area contributed by atoms with Gasteiger partial charge in [-0.15, -0.1) is 5.53 Å². The number of anilines is 3. The molecule has 0 unspecified atom stereocenters. The Labute approximate surface area is 106 Å². The summed E-state index contributed by atoms with van der Waals surface area (Å²) < 4.78 is 5.91. The molecule has 1 aliphatic carbocycles. The lowest BCUT2D eigenvalue weighted by molar-refractivity contribution is 0.209. The Bertz CT molecular complexity index is 431. The second-order valence-corrected chi connectivity index (χ2v) is 4.96. The number of hydrogen-bond acceptors (Lipinski definition) is 6. The molecule has 6 nitrogen and oxygen atoms in total. The van der Waals surface area contributed by atoms with Gasteiger partial charge in [-0.05, 0) is 18.8 Å². The molecule has 2 aliphatic rings. The second-order valence-electron chi connectivity index (χ2n) is 4.96. The molecule has 1 fully saturated rings. The van der Waals surface area contributed by atoms with E-state index in [1.807, 2.05) is 0 Å². The van der Waals surface area contributed by atoms with Crippen LogP contribution in [0.4, 0.5) is 17.3 Å². The van der Waals surface area contributed by atoms with E-state index in [2.05, 4.69) is 21.4 Å². The van der Waals surface area contributed by atoms with E-state index in [1.54, 1.807) is 6.07 Å². The van der Waals surface area contributed by atoms with Crippen molar-refractivity contribution < 1.29 is 4.74 Å². The number of nitrogen functional groups attached to an aromatic ring is 1. The van der Waals surface area contributed by atoms with Gasteiger partial charge in [-0.1, -0.05) is 19.3 Å². The fourth-order valence-electron chi connectivity index (χ4n) is 2.58. The van der Waals surface area contributed by atoms with Crippen molar-refractivity contribution in [1.29, 1.82) is 0 Å². The number of rotatable bonds is 3. The highest BCUT2D eigenvalue weighted by Crippen LogP contribution is 2.35. The Balaban J connectivity index is 1.68. The van der Waals surface area contributed by atoms with E-state index in [1.165, 1.54) is 32.1 Å². The van der Waals surface area contributed by atoms with Crippen LogP contribution in [-0.2, 0) is 0 Å². The molecule has 0 saturated heterocycles. The number of aromatic nitrogens is 1. The summed E-state index contributed by atoms with van der Waals surface area (Å²) in [5, 5.41) is 0. The van der Waals surface area contributed by atoms with Crippen LogP contribution in [0.3, 0.4) is 0 Å². The van der Waals surface area contributed by atoms with Crippen LogP contribution in [0.2, 0.25) is 0 Å². The monoisotopic (exact) mass is 249 g/mol. The molecule has 0 radical (unpaired) electrons. The highest BCUT2D eigenvalue weighted by Gasteiger charge is 2.19. The minimum Gasteiger partial charge on any atom is -0.491 e. The van der Waals surface area contributed by atoms with Gasteiger partial charge in [0.1, 0.15) is 11.5 Å². The van der Waals surface area contributed by atoms with E-state index in [0.29, 0.717) is 17.6 Å². The van der Waals surface area contributed by atoms with Gasteiger partial charge in [-0.3, -0.25) is 10.9 Å². The van der Waals surface area contributed by atoms with Crippen LogP contribution in [0, 0.1) is 5.92 Å². The fourth-order valence-corrected chi connectivity index (χ4v) is 2.58. The van der Waals surface area contributed by atoms with E-state index in [9.17, 15) is 0 Å². The summed E-state index contributed by atoms with van der Waals surface area (Å²) in [7, 11) is 0. The molecule has 1 aromatic heterocycles. The molecule has 1 aromatic rings. The Morgan fingerprint density at radius 3 is 2.94 bits per heavy atom. The van der Waals surface area contributed by atoms with Gasteiger partial charge in [0, 0.05) is 6.07 Å². The maximum absolute atomic E-state index is 5.91. The highest BCUT2D eigenvalue weighted by molar-refractivity contribution is 5.76. The normalized spacial score (nSPS) is 18.9. The third kappa shape index (κ3) is 2.28. The topological polar surface area (TPSA) is 84.2 Å². The first-order valence-electron chi connectivity index (χ1n) is 6.53. The van der Waals surface area contributed by atoms with Crippen molar-refractivity contribution >= 4 is 17.3 Å². The first kappa shape index (κ1) is 11.4. The molecular weight excluding hydrogens is 230 g/mol. The molecule has 5 N–H and O–H groups in total. The summed E-state index contributed by atoms with van der Waals surface area (Å²) in [6.45, 7) is 0.761. The van der Waals surface area contributed by atoms with Crippen LogP contribution in [-0.4, -0.2) is 11.6 Å². The smallest absolute Gasteiger partial charge is 0.172 e. The minimum absolute atomic E-state index is 0.463. The molecule has 18 heavy (non-hydrogen) atoms. The number of pyridine rings is 1. The zero-order chi connectivity index (χ0) is 12.4. The first-order chi connectivity index (χ1) is 8.83. The summed E-state index contributed by atoms with van der Waals surface area (Å²) in [6, 6.07) is 1.77. The van der Waals surface area contributed by atoms with Gasteiger partial charge in [0.25, 0.3) is 0 Å². The van der Waals surface area contributed by atoms with Crippen LogP contribution in [0.15, 0.2) is 6.07 Å². The van der Waals surface area contributed by atoms with Crippen molar-refractivity contribution in [3.63, 3.8) is 0 Å². The molecular formula is C12H19N5O. The number of nitrogens with one attached hydrogen (secondary N) is 3. The second kappa shape index (κ2) is 4.89. The molecule has 0 bridgehead atoms. The maximum atomic E-state index is 5.91. The van der Waals surface area contributed by atoms with Gasteiger partial charge in [-0.25, -0.2) is 4.98 Å². The van der Waals surface area contributed by atoms with E-state index in [4.69, 9.17) is 10.5 Å². The Morgan fingerprint density at radius 2 is 2.11 bits per heavy atom. The number of nitrogens with two attached hydrogens (primary N) is 1. The average Bonchev–Trinajstić information content (AvgIpc) is 2.85. The van der Waals surface area contributed by atoms with E-state index in [-0.39, 0.29) is 0 Å². The highest BCUT2D eigenvalue weighted by atomic mass is 16.5. The van der Waals surface area contributed by atoms with Gasteiger partial charge in [-0.2, -0.15) is 0 Å². The summed E-state index contributed by atoms with van der Waals surface area (Å²) in [5.74, 6) is 2.59. The largest absolute Gasteiger partial charge is 0.491 e. The summed E-state index contributed by atoms with van der Waals surface area (Å²) in [6.07, 6.45) is 6.56. The van der Waals surface area contributed by atoms with Crippen molar-refractivity contribution in [3.8, 4) is 5.75 Å². The van der Waals surface area contributed by atoms with Gasteiger partial charge in [0.05, 0.1) is 6.61 Å². The number of fused-ring (bicyclic) bond motifs is 1. The molecule has 2 heterocycles. The molecule has 0 aromatic carbocycles. The van der Waals surface area contributed by atoms with Crippen molar-refractivity contribution in [2.45, 2.75) is 32.1 Å². The molecule has 1 saturated carbocycles. The van der Waals surface area contributed by atoms with E-state index >= 15 is 0 Å². The number of hydrogen-bond donors (Lipinski definition) is 4. The number of nitrogens with zero attached hydrogens (tertiary/aromatic N) is 1. The Morgan fingerprint density at radius 1 is 1.28 bits per heavy atom. The lowest BCUT2D eigenvalue weighted by Gasteiger charge is -2.22. The van der Waals surface area contributed by atoms with Crippen molar-refractivity contribution in [2.24, 2.45) is 5.92 Å². The molecule has 0 spiro atoms. The summed E-state index contributed by atoms with van der Waals surface area (Å²) >= 11 is 0. The Hall–Kier alpha value is -1.69. The molecule has 0 amide bonds. The third-order valence-electron chi connectivity index (χ3n) is 3.57. The number of ether oxygens (including phenoxy) is 1. The Kier molecular flexibility index (Phi) is 3.10. The lowest BCUT2D eigenvalue weighted by Crippen LogP contribution is -2.20. The molecule has 6 heteroatoms. The summed E-state index contributed by atoms with van der Waals surface area (Å²) in [5.41, 5.74) is 15.2. The van der Waals surface area contributed by atoms with Gasteiger partial charge >= 0.3 is 0 Å². The predicted octanol–water partition coefficient (Wildman–Crippen LogP) is 1.88. The quantitative estimate of drug-likeness (QED) is 0.654. The zero-order valence-corrected chi connectivity index (χ0v) is 10.3. The first-order valence-corrected chi connectivity index (χ1v) is 6.53. The molecule has 0 atom stereocenters.